The van der Waals surface area contributed by atoms with E-state index < -0.39 is 0 Å². The third kappa shape index (κ3) is 2.32. The minimum Gasteiger partial charge on any atom is -0.449 e. The predicted octanol–water partition coefficient (Wildman–Crippen LogP) is -0.256. The van der Waals surface area contributed by atoms with Gasteiger partial charge in [-0.05, 0) is 0 Å². The van der Waals surface area contributed by atoms with E-state index in [2.05, 4.69) is 4.98 Å². The molecule has 0 aliphatic rings. The maximum absolute atomic E-state index is 8.53. The van der Waals surface area contributed by atoms with E-state index in [1.807, 2.05) is 0 Å². The Morgan fingerprint density at radius 1 is 1.27 bits per heavy atom. The summed E-state index contributed by atoms with van der Waals surface area (Å²) in [5.41, 5.74) is 0.732. The Balaban J connectivity index is 2.51. The molecule has 2 N–H and O–H groups in total. The number of nitrogens with zero attached hydrogens (tertiary/aromatic N) is 1. The first kappa shape index (κ1) is 8.23. The fraction of sp³-hybridized carbons (Fsp3) is 0.571. The van der Waals surface area contributed by atoms with Crippen LogP contribution in [0.25, 0.3) is 0 Å². The van der Waals surface area contributed by atoms with Crippen molar-refractivity contribution in [2.45, 2.75) is 12.8 Å². The molecule has 4 heteroatoms. The minimum atomic E-state index is 0.0408. The molecule has 0 amide bonds. The predicted molar refractivity (Wildman–Crippen MR) is 38.1 cm³/mol. The van der Waals surface area contributed by atoms with E-state index in [1.54, 1.807) is 0 Å². The summed E-state index contributed by atoms with van der Waals surface area (Å²) in [4.78, 5) is 4.00. The highest BCUT2D eigenvalue weighted by Gasteiger charge is 2.01. The molecule has 0 aromatic carbocycles. The monoisotopic (exact) mass is 157 g/mol. The molecule has 0 spiro atoms. The van der Waals surface area contributed by atoms with Crippen molar-refractivity contribution >= 4 is 0 Å². The smallest absolute Gasteiger partial charge is 0.196 e. The number of aliphatic hydroxyl groups is 2. The Kier molecular flexibility index (Phi) is 3.07. The van der Waals surface area contributed by atoms with Gasteiger partial charge in [-0.1, -0.05) is 0 Å². The van der Waals surface area contributed by atoms with E-state index in [1.165, 1.54) is 6.26 Å². The van der Waals surface area contributed by atoms with Gasteiger partial charge in [0.25, 0.3) is 0 Å². The van der Waals surface area contributed by atoms with Gasteiger partial charge in [0.2, 0.25) is 0 Å². The van der Waals surface area contributed by atoms with Crippen molar-refractivity contribution in [2.75, 3.05) is 13.2 Å². The molecular weight excluding hydrogens is 146 g/mol. The van der Waals surface area contributed by atoms with E-state index in [0.717, 1.165) is 5.69 Å². The van der Waals surface area contributed by atoms with E-state index in [-0.39, 0.29) is 13.2 Å². The zero-order valence-electron chi connectivity index (χ0n) is 6.16. The average Bonchev–Trinajstić information content (AvgIpc) is 2.38. The van der Waals surface area contributed by atoms with Crippen LogP contribution in [0, 0.1) is 0 Å². The van der Waals surface area contributed by atoms with Gasteiger partial charge in [0, 0.05) is 19.4 Å². The van der Waals surface area contributed by atoms with Gasteiger partial charge in [0.05, 0.1) is 12.3 Å². The summed E-state index contributed by atoms with van der Waals surface area (Å²) in [6.07, 6.45) is 2.45. The van der Waals surface area contributed by atoms with Gasteiger partial charge >= 0.3 is 0 Å². The summed E-state index contributed by atoms with van der Waals surface area (Å²) >= 11 is 0. The van der Waals surface area contributed by atoms with Crippen LogP contribution >= 0.6 is 0 Å². The van der Waals surface area contributed by atoms with Gasteiger partial charge in [-0.25, -0.2) is 4.98 Å². The minimum absolute atomic E-state index is 0.0408. The summed E-state index contributed by atoms with van der Waals surface area (Å²) < 4.78 is 4.98. The quantitative estimate of drug-likeness (QED) is 0.632. The van der Waals surface area contributed by atoms with Crippen molar-refractivity contribution < 1.29 is 14.6 Å². The third-order valence-electron chi connectivity index (χ3n) is 1.29. The summed E-state index contributed by atoms with van der Waals surface area (Å²) in [5, 5.41) is 17.0. The molecular formula is C7H11NO3. The van der Waals surface area contributed by atoms with Crippen molar-refractivity contribution in [3.63, 3.8) is 0 Å². The molecule has 1 aromatic rings. The van der Waals surface area contributed by atoms with Crippen molar-refractivity contribution in [2.24, 2.45) is 0 Å². The fourth-order valence-corrected chi connectivity index (χ4v) is 0.789. The first-order valence-corrected chi connectivity index (χ1v) is 3.52. The normalized spacial score (nSPS) is 10.4. The Hall–Kier alpha value is -0.870. The molecule has 0 atom stereocenters. The summed E-state index contributed by atoms with van der Waals surface area (Å²) in [6, 6.07) is 0. The lowest BCUT2D eigenvalue weighted by Crippen LogP contribution is -1.93. The second-order valence-corrected chi connectivity index (χ2v) is 2.18. The van der Waals surface area contributed by atoms with Crippen molar-refractivity contribution in [3.8, 4) is 0 Å². The molecule has 0 fully saturated rings. The summed E-state index contributed by atoms with van der Waals surface area (Å²) in [7, 11) is 0. The molecule has 62 valence electrons. The topological polar surface area (TPSA) is 66.5 Å². The highest BCUT2D eigenvalue weighted by Crippen LogP contribution is 2.02. The number of hydrogen-bond acceptors (Lipinski definition) is 4. The van der Waals surface area contributed by atoms with Crippen LogP contribution in [0.1, 0.15) is 11.6 Å². The van der Waals surface area contributed by atoms with E-state index in [9.17, 15) is 0 Å². The lowest BCUT2D eigenvalue weighted by atomic mass is 10.3. The first-order chi connectivity index (χ1) is 5.36. The highest BCUT2D eigenvalue weighted by molar-refractivity contribution is 4.96. The molecule has 1 heterocycles. The number of aromatic nitrogens is 1. The van der Waals surface area contributed by atoms with Crippen molar-refractivity contribution in [1.82, 2.24) is 4.98 Å². The van der Waals surface area contributed by atoms with Crippen LogP contribution in [0.5, 0.6) is 0 Å². The first-order valence-electron chi connectivity index (χ1n) is 3.52. The van der Waals surface area contributed by atoms with Crippen LogP contribution in [-0.4, -0.2) is 28.4 Å². The molecule has 0 bridgehead atoms. The van der Waals surface area contributed by atoms with Gasteiger partial charge < -0.3 is 14.6 Å². The number of hydrogen-bond donors (Lipinski definition) is 2. The van der Waals surface area contributed by atoms with Gasteiger partial charge in [-0.3, -0.25) is 0 Å². The van der Waals surface area contributed by atoms with Gasteiger partial charge in [0.1, 0.15) is 6.26 Å². The maximum Gasteiger partial charge on any atom is 0.196 e. The molecule has 0 aliphatic heterocycles. The number of oxazole rings is 1. The molecule has 11 heavy (non-hydrogen) atoms. The van der Waals surface area contributed by atoms with Crippen LogP contribution in [0.2, 0.25) is 0 Å². The van der Waals surface area contributed by atoms with Crippen molar-refractivity contribution in [3.05, 3.63) is 17.8 Å². The Morgan fingerprint density at radius 3 is 2.64 bits per heavy atom. The van der Waals surface area contributed by atoms with E-state index in [4.69, 9.17) is 14.6 Å². The fourth-order valence-electron chi connectivity index (χ4n) is 0.789. The van der Waals surface area contributed by atoms with Crippen LogP contribution in [0.4, 0.5) is 0 Å². The molecule has 1 aromatic heterocycles. The van der Waals surface area contributed by atoms with E-state index >= 15 is 0 Å². The molecule has 0 saturated heterocycles. The lowest BCUT2D eigenvalue weighted by Gasteiger charge is -1.86. The molecule has 0 unspecified atom stereocenters. The Labute approximate surface area is 64.5 Å². The van der Waals surface area contributed by atoms with Crippen molar-refractivity contribution in [1.29, 1.82) is 0 Å². The largest absolute Gasteiger partial charge is 0.449 e. The standard InChI is InChI=1S/C7H11NO3/c9-3-1-6-5-11-7(8-6)2-4-10/h5,9-10H,1-4H2. The molecule has 0 saturated carbocycles. The Bertz CT molecular complexity index is 189. The highest BCUT2D eigenvalue weighted by atomic mass is 16.3. The van der Waals surface area contributed by atoms with E-state index in [0.29, 0.717) is 18.7 Å². The zero-order chi connectivity index (χ0) is 8.10. The average molecular weight is 157 g/mol. The number of rotatable bonds is 4. The summed E-state index contributed by atoms with van der Waals surface area (Å²) in [5.74, 6) is 0.524. The molecule has 4 nitrogen and oxygen atoms in total. The van der Waals surface area contributed by atoms with Gasteiger partial charge in [0.15, 0.2) is 5.89 Å². The van der Waals surface area contributed by atoms with Crippen LogP contribution < -0.4 is 0 Å². The van der Waals surface area contributed by atoms with Crippen LogP contribution in [0.15, 0.2) is 10.7 Å². The molecule has 1 rings (SSSR count). The second kappa shape index (κ2) is 4.10. The maximum atomic E-state index is 8.53. The third-order valence-corrected chi connectivity index (χ3v) is 1.29. The van der Waals surface area contributed by atoms with Crippen LogP contribution in [-0.2, 0) is 12.8 Å². The number of aliphatic hydroxyl groups excluding tert-OH is 2. The lowest BCUT2D eigenvalue weighted by molar-refractivity contribution is 0.285. The van der Waals surface area contributed by atoms with Gasteiger partial charge in [-0.15, -0.1) is 0 Å². The SMILES string of the molecule is OCCc1coc(CCO)n1. The molecule has 0 radical (unpaired) electrons. The Morgan fingerprint density at radius 2 is 2.00 bits per heavy atom. The zero-order valence-corrected chi connectivity index (χ0v) is 6.16. The summed E-state index contributed by atoms with van der Waals surface area (Å²) in [6.45, 7) is 0.115. The second-order valence-electron chi connectivity index (χ2n) is 2.18. The molecule has 0 aliphatic carbocycles. The van der Waals surface area contributed by atoms with Gasteiger partial charge in [-0.2, -0.15) is 0 Å². The van der Waals surface area contributed by atoms with Crippen LogP contribution in [0.3, 0.4) is 0 Å².